The van der Waals surface area contributed by atoms with Gasteiger partial charge < -0.3 is 4.74 Å². The summed E-state index contributed by atoms with van der Waals surface area (Å²) in [7, 11) is 1.53. The lowest BCUT2D eigenvalue weighted by molar-refractivity contribution is -0.137. The van der Waals surface area contributed by atoms with E-state index in [0.29, 0.717) is 16.6 Å². The van der Waals surface area contributed by atoms with Crippen LogP contribution in [-0.2, 0) is 11.0 Å². The molecule has 26 heavy (non-hydrogen) atoms. The van der Waals surface area contributed by atoms with E-state index < -0.39 is 16.8 Å². The highest BCUT2D eigenvalue weighted by atomic mass is 35.5. The Morgan fingerprint density at radius 3 is 2.50 bits per heavy atom. The van der Waals surface area contributed by atoms with Crippen molar-refractivity contribution in [1.29, 1.82) is 0 Å². The molecule has 0 unspecified atom stereocenters. The Labute approximate surface area is 156 Å². The third kappa shape index (κ3) is 3.81. The fourth-order valence-electron chi connectivity index (χ4n) is 2.34. The molecule has 0 aliphatic carbocycles. The molecule has 2 aromatic rings. The minimum Gasteiger partial charge on any atom is -0.497 e. The number of hydrogen-bond donors (Lipinski definition) is 0. The Kier molecular flexibility index (Phi) is 5.15. The van der Waals surface area contributed by atoms with E-state index in [1.165, 1.54) is 18.1 Å². The van der Waals surface area contributed by atoms with Gasteiger partial charge in [0.05, 0.1) is 34.8 Å². The lowest BCUT2D eigenvalue weighted by atomic mass is 10.2. The molecule has 1 aliphatic heterocycles. The number of hydrogen-bond acceptors (Lipinski definition) is 4. The van der Waals surface area contributed by atoms with Crippen molar-refractivity contribution in [3.05, 3.63) is 53.1 Å². The monoisotopic (exact) mass is 400 g/mol. The van der Waals surface area contributed by atoms with Gasteiger partial charge in [0.2, 0.25) is 5.91 Å². The molecule has 1 aliphatic rings. The number of aliphatic imine (C=N–C) groups is 1. The summed E-state index contributed by atoms with van der Waals surface area (Å²) in [6.07, 6.45) is -4.61. The van der Waals surface area contributed by atoms with Crippen LogP contribution >= 0.6 is 23.4 Å². The van der Waals surface area contributed by atoms with Gasteiger partial charge in [0.1, 0.15) is 5.75 Å². The molecule has 1 amide bonds. The first kappa shape index (κ1) is 18.6. The van der Waals surface area contributed by atoms with Crippen LogP contribution in [0, 0.1) is 0 Å². The third-order valence-electron chi connectivity index (χ3n) is 3.58. The molecule has 2 aromatic carbocycles. The van der Waals surface area contributed by atoms with Gasteiger partial charge in [-0.15, -0.1) is 0 Å². The van der Waals surface area contributed by atoms with Gasteiger partial charge >= 0.3 is 6.18 Å². The summed E-state index contributed by atoms with van der Waals surface area (Å²) in [5.74, 6) is 0.394. The highest BCUT2D eigenvalue weighted by Crippen LogP contribution is 2.38. The van der Waals surface area contributed by atoms with E-state index in [-0.39, 0.29) is 17.3 Å². The molecular formula is C17H12ClF3N2O2S. The number of carbonyl (C=O) groups excluding carboxylic acids is 1. The Morgan fingerprint density at radius 2 is 1.88 bits per heavy atom. The second kappa shape index (κ2) is 7.20. The van der Waals surface area contributed by atoms with Crippen molar-refractivity contribution in [3.8, 4) is 5.75 Å². The minimum atomic E-state index is -4.61. The first-order valence-electron chi connectivity index (χ1n) is 7.35. The van der Waals surface area contributed by atoms with Crippen molar-refractivity contribution < 1.29 is 22.7 Å². The Hall–Kier alpha value is -2.19. The van der Waals surface area contributed by atoms with Crippen LogP contribution in [0.15, 0.2) is 47.5 Å². The van der Waals surface area contributed by atoms with E-state index >= 15 is 0 Å². The van der Waals surface area contributed by atoms with Gasteiger partial charge in [0, 0.05) is 0 Å². The topological polar surface area (TPSA) is 41.9 Å². The number of amidine groups is 1. The normalized spacial score (nSPS) is 16.4. The number of halogens is 4. The molecule has 0 aromatic heterocycles. The Balaban J connectivity index is 1.99. The van der Waals surface area contributed by atoms with Crippen molar-refractivity contribution in [2.24, 2.45) is 4.99 Å². The van der Waals surface area contributed by atoms with Crippen LogP contribution in [0.1, 0.15) is 5.56 Å². The van der Waals surface area contributed by atoms with E-state index in [9.17, 15) is 18.0 Å². The van der Waals surface area contributed by atoms with E-state index in [2.05, 4.69) is 4.99 Å². The van der Waals surface area contributed by atoms with Crippen LogP contribution in [0.2, 0.25) is 5.02 Å². The van der Waals surface area contributed by atoms with Crippen LogP contribution < -0.4 is 9.64 Å². The zero-order valence-electron chi connectivity index (χ0n) is 13.4. The molecule has 3 rings (SSSR count). The first-order valence-corrected chi connectivity index (χ1v) is 8.71. The molecule has 0 N–H and O–H groups in total. The van der Waals surface area contributed by atoms with Gasteiger partial charge in [-0.1, -0.05) is 23.4 Å². The predicted molar refractivity (Wildman–Crippen MR) is 96.5 cm³/mol. The number of methoxy groups -OCH3 is 1. The summed E-state index contributed by atoms with van der Waals surface area (Å²) >= 11 is 6.80. The average molecular weight is 401 g/mol. The SMILES string of the molecule is COc1ccc(N=C2SCC(=O)N2c2ccc(Cl)c(C(F)(F)F)c2)cc1. The zero-order valence-corrected chi connectivity index (χ0v) is 15.0. The molecule has 9 heteroatoms. The molecule has 0 bridgehead atoms. The van der Waals surface area contributed by atoms with E-state index in [1.54, 1.807) is 24.3 Å². The van der Waals surface area contributed by atoms with Crippen molar-refractivity contribution in [2.45, 2.75) is 6.18 Å². The maximum Gasteiger partial charge on any atom is 0.417 e. The molecule has 0 saturated carbocycles. The number of nitrogens with zero attached hydrogens (tertiary/aromatic N) is 2. The second-order valence-corrected chi connectivity index (χ2v) is 6.62. The summed E-state index contributed by atoms with van der Waals surface area (Å²) in [4.78, 5) is 17.7. The summed E-state index contributed by atoms with van der Waals surface area (Å²) < 4.78 is 44.3. The van der Waals surface area contributed by atoms with Crippen molar-refractivity contribution in [1.82, 2.24) is 0 Å². The van der Waals surface area contributed by atoms with Crippen LogP contribution in [0.5, 0.6) is 5.75 Å². The largest absolute Gasteiger partial charge is 0.497 e. The van der Waals surface area contributed by atoms with E-state index in [0.717, 1.165) is 23.9 Å². The summed E-state index contributed by atoms with van der Waals surface area (Å²) in [5, 5.41) is -0.121. The fourth-order valence-corrected chi connectivity index (χ4v) is 3.45. The average Bonchev–Trinajstić information content (AvgIpc) is 2.95. The Bertz CT molecular complexity index is 869. The highest BCUT2D eigenvalue weighted by molar-refractivity contribution is 8.15. The standard InChI is InChI=1S/C17H12ClF3N2O2S/c1-25-12-5-2-10(3-6-12)22-16-23(15(24)9-26-16)11-4-7-14(18)13(8-11)17(19,20)21/h2-8H,9H2,1H3. The third-order valence-corrected chi connectivity index (χ3v) is 4.83. The van der Waals surface area contributed by atoms with Gasteiger partial charge in [-0.05, 0) is 42.5 Å². The number of amides is 1. The first-order chi connectivity index (χ1) is 12.3. The molecule has 1 saturated heterocycles. The van der Waals surface area contributed by atoms with Crippen molar-refractivity contribution >= 4 is 45.8 Å². The van der Waals surface area contributed by atoms with Crippen LogP contribution in [0.4, 0.5) is 24.5 Å². The Morgan fingerprint density at radius 1 is 1.19 bits per heavy atom. The van der Waals surface area contributed by atoms with Gasteiger partial charge in [0.15, 0.2) is 5.17 Å². The van der Waals surface area contributed by atoms with Crippen LogP contribution in [0.25, 0.3) is 0 Å². The summed E-state index contributed by atoms with van der Waals surface area (Å²) in [6.45, 7) is 0. The van der Waals surface area contributed by atoms with E-state index in [1.807, 2.05) is 0 Å². The van der Waals surface area contributed by atoms with Gasteiger partial charge in [-0.3, -0.25) is 9.69 Å². The van der Waals surface area contributed by atoms with Crippen LogP contribution in [0.3, 0.4) is 0 Å². The van der Waals surface area contributed by atoms with Gasteiger partial charge in [0.25, 0.3) is 0 Å². The van der Waals surface area contributed by atoms with E-state index in [4.69, 9.17) is 16.3 Å². The molecule has 0 radical (unpaired) electrons. The number of alkyl halides is 3. The van der Waals surface area contributed by atoms with Crippen LogP contribution in [-0.4, -0.2) is 23.9 Å². The fraction of sp³-hybridized carbons (Fsp3) is 0.176. The number of ether oxygens (including phenoxy) is 1. The number of benzene rings is 2. The van der Waals surface area contributed by atoms with Crippen molar-refractivity contribution in [2.75, 3.05) is 17.8 Å². The second-order valence-electron chi connectivity index (χ2n) is 5.27. The zero-order chi connectivity index (χ0) is 18.9. The summed E-state index contributed by atoms with van der Waals surface area (Å²) in [6, 6.07) is 10.1. The highest BCUT2D eigenvalue weighted by Gasteiger charge is 2.36. The molecule has 4 nitrogen and oxygen atoms in total. The lowest BCUT2D eigenvalue weighted by Gasteiger charge is -2.18. The van der Waals surface area contributed by atoms with Gasteiger partial charge in [-0.2, -0.15) is 13.2 Å². The molecule has 1 heterocycles. The number of anilines is 1. The molecule has 0 spiro atoms. The lowest BCUT2D eigenvalue weighted by Crippen LogP contribution is -2.29. The molecular weight excluding hydrogens is 389 g/mol. The quantitative estimate of drug-likeness (QED) is 0.716. The smallest absolute Gasteiger partial charge is 0.417 e. The maximum atomic E-state index is 13.1. The number of carbonyl (C=O) groups is 1. The molecule has 136 valence electrons. The number of rotatable bonds is 3. The molecule has 1 fully saturated rings. The van der Waals surface area contributed by atoms with Gasteiger partial charge in [-0.25, -0.2) is 4.99 Å². The van der Waals surface area contributed by atoms with Crippen molar-refractivity contribution in [3.63, 3.8) is 0 Å². The minimum absolute atomic E-state index is 0.0731. The molecule has 0 atom stereocenters. The maximum absolute atomic E-state index is 13.1. The summed E-state index contributed by atoms with van der Waals surface area (Å²) in [5.41, 5.74) is -0.368. The predicted octanol–water partition coefficient (Wildman–Crippen LogP) is 5.13. The number of thioether (sulfide) groups is 1.